The number of rotatable bonds is 2. The molecule has 0 atom stereocenters. The highest BCUT2D eigenvalue weighted by molar-refractivity contribution is 6.10. The summed E-state index contributed by atoms with van der Waals surface area (Å²) in [5.41, 5.74) is 2.67. The monoisotopic (exact) mass is 268 g/mol. The SMILES string of the molecule is Cc1cccc(C(=O)c2cc3cccc(F)c3o2)c1C. The molecule has 1 aromatic heterocycles. The third-order valence-electron chi connectivity index (χ3n) is 3.57. The Bertz CT molecular complexity index is 815. The smallest absolute Gasteiger partial charge is 0.228 e. The largest absolute Gasteiger partial charge is 0.449 e. The molecule has 0 aliphatic heterocycles. The van der Waals surface area contributed by atoms with Gasteiger partial charge in [-0.05, 0) is 37.1 Å². The molecule has 0 N–H and O–H groups in total. The number of para-hydroxylation sites is 1. The zero-order valence-electron chi connectivity index (χ0n) is 11.2. The molecule has 2 aromatic carbocycles. The van der Waals surface area contributed by atoms with Crippen molar-refractivity contribution in [2.24, 2.45) is 0 Å². The number of carbonyl (C=O) groups excluding carboxylic acids is 1. The molecular weight excluding hydrogens is 255 g/mol. The van der Waals surface area contributed by atoms with Gasteiger partial charge in [0.25, 0.3) is 0 Å². The summed E-state index contributed by atoms with van der Waals surface area (Å²) in [6.45, 7) is 3.84. The lowest BCUT2D eigenvalue weighted by atomic mass is 9.99. The molecule has 20 heavy (non-hydrogen) atoms. The highest BCUT2D eigenvalue weighted by Crippen LogP contribution is 2.25. The van der Waals surface area contributed by atoms with Crippen LogP contribution in [0.4, 0.5) is 4.39 Å². The number of hydrogen-bond donors (Lipinski definition) is 0. The predicted molar refractivity (Wildman–Crippen MR) is 75.5 cm³/mol. The quantitative estimate of drug-likeness (QED) is 0.644. The lowest BCUT2D eigenvalue weighted by molar-refractivity contribution is 0.101. The highest BCUT2D eigenvalue weighted by Gasteiger charge is 2.18. The summed E-state index contributed by atoms with van der Waals surface area (Å²) in [7, 11) is 0. The molecule has 0 aliphatic rings. The Morgan fingerprint density at radius 1 is 1.10 bits per heavy atom. The summed E-state index contributed by atoms with van der Waals surface area (Å²) in [5, 5.41) is 0.596. The van der Waals surface area contributed by atoms with Gasteiger partial charge in [-0.1, -0.05) is 30.3 Å². The van der Waals surface area contributed by atoms with E-state index in [4.69, 9.17) is 4.42 Å². The third kappa shape index (κ3) is 1.92. The van der Waals surface area contributed by atoms with Crippen LogP contribution in [0.25, 0.3) is 11.0 Å². The number of carbonyl (C=O) groups is 1. The molecule has 0 amide bonds. The van der Waals surface area contributed by atoms with Crippen LogP contribution in [0.2, 0.25) is 0 Å². The van der Waals surface area contributed by atoms with E-state index in [0.29, 0.717) is 10.9 Å². The van der Waals surface area contributed by atoms with Gasteiger partial charge in [0.2, 0.25) is 5.78 Å². The van der Waals surface area contributed by atoms with Crippen molar-refractivity contribution in [1.29, 1.82) is 0 Å². The molecule has 0 unspecified atom stereocenters. The van der Waals surface area contributed by atoms with Gasteiger partial charge in [-0.2, -0.15) is 0 Å². The second-order valence-corrected chi connectivity index (χ2v) is 4.85. The van der Waals surface area contributed by atoms with Gasteiger partial charge in [0.15, 0.2) is 17.2 Å². The fraction of sp³-hybridized carbons (Fsp3) is 0.118. The van der Waals surface area contributed by atoms with Gasteiger partial charge in [-0.15, -0.1) is 0 Å². The standard InChI is InChI=1S/C17H13FO2/c1-10-5-3-7-13(11(10)2)16(19)15-9-12-6-4-8-14(18)17(12)20-15/h3-9H,1-2H3. The fourth-order valence-electron chi connectivity index (χ4n) is 2.27. The summed E-state index contributed by atoms with van der Waals surface area (Å²) in [4.78, 5) is 12.5. The Morgan fingerprint density at radius 3 is 2.60 bits per heavy atom. The predicted octanol–water partition coefficient (Wildman–Crippen LogP) is 4.42. The lowest BCUT2D eigenvalue weighted by Gasteiger charge is -2.05. The first-order valence-electron chi connectivity index (χ1n) is 6.37. The van der Waals surface area contributed by atoms with Gasteiger partial charge >= 0.3 is 0 Å². The van der Waals surface area contributed by atoms with Crippen molar-refractivity contribution in [3.8, 4) is 0 Å². The summed E-state index contributed by atoms with van der Waals surface area (Å²) >= 11 is 0. The first-order valence-corrected chi connectivity index (χ1v) is 6.37. The molecule has 0 aliphatic carbocycles. The van der Waals surface area contributed by atoms with Crippen molar-refractivity contribution < 1.29 is 13.6 Å². The van der Waals surface area contributed by atoms with Crippen LogP contribution in [0.3, 0.4) is 0 Å². The average molecular weight is 268 g/mol. The highest BCUT2D eigenvalue weighted by atomic mass is 19.1. The summed E-state index contributed by atoms with van der Waals surface area (Å²) < 4.78 is 19.0. The van der Waals surface area contributed by atoms with Crippen molar-refractivity contribution in [3.63, 3.8) is 0 Å². The minimum atomic E-state index is -0.456. The van der Waals surface area contributed by atoms with E-state index in [1.54, 1.807) is 24.3 Å². The van der Waals surface area contributed by atoms with E-state index in [1.807, 2.05) is 26.0 Å². The average Bonchev–Trinajstić information content (AvgIpc) is 2.87. The van der Waals surface area contributed by atoms with E-state index in [0.717, 1.165) is 11.1 Å². The molecule has 100 valence electrons. The fourth-order valence-corrected chi connectivity index (χ4v) is 2.27. The first kappa shape index (κ1) is 12.6. The Kier molecular flexibility index (Phi) is 2.90. The van der Waals surface area contributed by atoms with Gasteiger partial charge in [0, 0.05) is 10.9 Å². The normalized spacial score (nSPS) is 10.9. The number of benzene rings is 2. The summed E-state index contributed by atoms with van der Waals surface area (Å²) in [5.74, 6) is -0.511. The van der Waals surface area contributed by atoms with Crippen LogP contribution in [0.5, 0.6) is 0 Å². The molecule has 0 fully saturated rings. The number of furan rings is 1. The molecule has 2 nitrogen and oxygen atoms in total. The van der Waals surface area contributed by atoms with Crippen LogP contribution in [-0.4, -0.2) is 5.78 Å². The number of hydrogen-bond acceptors (Lipinski definition) is 2. The second kappa shape index (κ2) is 4.60. The van der Waals surface area contributed by atoms with Crippen molar-refractivity contribution in [2.45, 2.75) is 13.8 Å². The van der Waals surface area contributed by atoms with E-state index < -0.39 is 5.82 Å². The molecule has 3 aromatic rings. The topological polar surface area (TPSA) is 30.2 Å². The maximum atomic E-state index is 13.6. The molecule has 3 heteroatoms. The van der Waals surface area contributed by atoms with Crippen LogP contribution in [0.15, 0.2) is 46.9 Å². The van der Waals surface area contributed by atoms with Gasteiger partial charge in [-0.3, -0.25) is 4.79 Å². The molecule has 3 rings (SSSR count). The molecule has 0 saturated carbocycles. The number of halogens is 1. The zero-order chi connectivity index (χ0) is 14.3. The van der Waals surface area contributed by atoms with Crippen LogP contribution >= 0.6 is 0 Å². The summed E-state index contributed by atoms with van der Waals surface area (Å²) in [6.07, 6.45) is 0. The van der Waals surface area contributed by atoms with Gasteiger partial charge in [0.1, 0.15) is 0 Å². The number of fused-ring (bicyclic) bond motifs is 1. The van der Waals surface area contributed by atoms with Gasteiger partial charge in [0.05, 0.1) is 0 Å². The van der Waals surface area contributed by atoms with E-state index in [1.165, 1.54) is 6.07 Å². The summed E-state index contributed by atoms with van der Waals surface area (Å²) in [6, 6.07) is 11.8. The van der Waals surface area contributed by atoms with Crippen LogP contribution in [0, 0.1) is 19.7 Å². The van der Waals surface area contributed by atoms with Crippen LogP contribution in [-0.2, 0) is 0 Å². The minimum absolute atomic E-state index is 0.126. The molecule has 0 spiro atoms. The Morgan fingerprint density at radius 2 is 1.85 bits per heavy atom. The van der Waals surface area contributed by atoms with Crippen molar-refractivity contribution in [1.82, 2.24) is 0 Å². The maximum absolute atomic E-state index is 13.6. The third-order valence-corrected chi connectivity index (χ3v) is 3.57. The van der Waals surface area contributed by atoms with Gasteiger partial charge < -0.3 is 4.42 Å². The van der Waals surface area contributed by atoms with E-state index in [-0.39, 0.29) is 17.1 Å². The van der Waals surface area contributed by atoms with Crippen molar-refractivity contribution in [2.75, 3.05) is 0 Å². The molecular formula is C17H13FO2. The van der Waals surface area contributed by atoms with E-state index in [9.17, 15) is 9.18 Å². The number of ketones is 1. The first-order chi connectivity index (χ1) is 9.58. The zero-order valence-corrected chi connectivity index (χ0v) is 11.2. The minimum Gasteiger partial charge on any atom is -0.449 e. The van der Waals surface area contributed by atoms with Crippen LogP contribution < -0.4 is 0 Å². The van der Waals surface area contributed by atoms with Crippen molar-refractivity contribution in [3.05, 3.63) is 70.7 Å². The number of aryl methyl sites for hydroxylation is 1. The molecule has 0 saturated heterocycles. The van der Waals surface area contributed by atoms with Crippen LogP contribution in [0.1, 0.15) is 27.2 Å². The Balaban J connectivity index is 2.13. The molecule has 0 radical (unpaired) electrons. The van der Waals surface area contributed by atoms with E-state index in [2.05, 4.69) is 0 Å². The molecule has 1 heterocycles. The Hall–Kier alpha value is -2.42. The second-order valence-electron chi connectivity index (χ2n) is 4.85. The molecule has 0 bridgehead atoms. The lowest BCUT2D eigenvalue weighted by Crippen LogP contribution is -2.03. The van der Waals surface area contributed by atoms with Crippen molar-refractivity contribution >= 4 is 16.8 Å². The Labute approximate surface area is 115 Å². The van der Waals surface area contributed by atoms with E-state index >= 15 is 0 Å². The maximum Gasteiger partial charge on any atom is 0.228 e. The van der Waals surface area contributed by atoms with Gasteiger partial charge in [-0.25, -0.2) is 4.39 Å².